The average molecular weight is 354 g/mol. The number of fused-ring (bicyclic) bond motifs is 2. The molecule has 2 N–H and O–H groups in total. The second-order valence-electron chi connectivity index (χ2n) is 6.91. The summed E-state index contributed by atoms with van der Waals surface area (Å²) < 4.78 is 0. The van der Waals surface area contributed by atoms with Crippen molar-refractivity contribution in [1.29, 1.82) is 0 Å². The van der Waals surface area contributed by atoms with Crippen LogP contribution in [0.2, 0.25) is 0 Å². The lowest BCUT2D eigenvalue weighted by Crippen LogP contribution is -2.47. The average Bonchev–Trinajstić information content (AvgIpc) is 2.96. The summed E-state index contributed by atoms with van der Waals surface area (Å²) in [5.41, 5.74) is 0.689. The van der Waals surface area contributed by atoms with Gasteiger partial charge in [-0.2, -0.15) is 0 Å². The van der Waals surface area contributed by atoms with E-state index >= 15 is 0 Å². The topological polar surface area (TPSA) is 52.6 Å². The fraction of sp³-hybridized carbons (Fsp3) is 0.350. The van der Waals surface area contributed by atoms with E-state index in [1.54, 1.807) is 12.1 Å². The summed E-state index contributed by atoms with van der Waals surface area (Å²) in [6.07, 6.45) is 2.37. The fourth-order valence-electron chi connectivity index (χ4n) is 3.78. The standard InChI is InChI=1S/C20H22N2O2S/c23-18-3-1-2-4-19(18)25-17-7-5-15(6-8-17)20(24)21-16-11-14-9-10-22(12-14)13-16/h1-8,14,16,23H,9-13H2,(H,21,24)/t14-,16-/m1/s1. The third kappa shape index (κ3) is 3.83. The van der Waals surface area contributed by atoms with E-state index in [4.69, 9.17) is 0 Å². The van der Waals surface area contributed by atoms with E-state index in [0.717, 1.165) is 28.7 Å². The van der Waals surface area contributed by atoms with Crippen LogP contribution < -0.4 is 5.32 Å². The molecular formula is C20H22N2O2S. The molecule has 1 unspecified atom stereocenters. The first-order valence-electron chi connectivity index (χ1n) is 8.76. The summed E-state index contributed by atoms with van der Waals surface area (Å²) in [5.74, 6) is 1.03. The Morgan fingerprint density at radius 2 is 1.92 bits per heavy atom. The van der Waals surface area contributed by atoms with E-state index in [2.05, 4.69) is 10.2 Å². The van der Waals surface area contributed by atoms with E-state index in [1.807, 2.05) is 36.4 Å². The number of carbonyl (C=O) groups is 1. The van der Waals surface area contributed by atoms with Gasteiger partial charge >= 0.3 is 0 Å². The number of rotatable bonds is 4. The highest BCUT2D eigenvalue weighted by molar-refractivity contribution is 7.99. The molecule has 0 saturated carbocycles. The zero-order valence-corrected chi connectivity index (χ0v) is 14.8. The van der Waals surface area contributed by atoms with Gasteiger partial charge in [-0.15, -0.1) is 0 Å². The molecule has 5 heteroatoms. The lowest BCUT2D eigenvalue weighted by Gasteiger charge is -2.30. The Labute approximate surface area is 152 Å². The number of nitrogens with zero attached hydrogens (tertiary/aromatic N) is 1. The molecular weight excluding hydrogens is 332 g/mol. The van der Waals surface area contributed by atoms with E-state index in [-0.39, 0.29) is 17.7 Å². The highest BCUT2D eigenvalue weighted by Crippen LogP contribution is 2.34. The lowest BCUT2D eigenvalue weighted by molar-refractivity contribution is 0.0909. The molecule has 4 nitrogen and oxygen atoms in total. The van der Waals surface area contributed by atoms with Gasteiger partial charge in [0.25, 0.3) is 5.91 Å². The number of benzene rings is 2. The number of piperidine rings is 1. The van der Waals surface area contributed by atoms with Crippen LogP contribution in [0.1, 0.15) is 23.2 Å². The minimum atomic E-state index is 0.00612. The molecule has 4 rings (SSSR count). The van der Waals surface area contributed by atoms with Gasteiger partial charge < -0.3 is 15.3 Å². The largest absolute Gasteiger partial charge is 0.507 e. The van der Waals surface area contributed by atoms with Crippen LogP contribution in [0.5, 0.6) is 5.75 Å². The van der Waals surface area contributed by atoms with Gasteiger partial charge in [-0.1, -0.05) is 23.9 Å². The molecule has 0 spiro atoms. The van der Waals surface area contributed by atoms with Crippen LogP contribution in [0.15, 0.2) is 58.3 Å². The van der Waals surface area contributed by atoms with Gasteiger partial charge in [0, 0.05) is 29.6 Å². The molecule has 130 valence electrons. The normalized spacial score (nSPS) is 24.9. The van der Waals surface area contributed by atoms with Gasteiger partial charge in [-0.3, -0.25) is 4.79 Å². The highest BCUT2D eigenvalue weighted by atomic mass is 32.2. The van der Waals surface area contributed by atoms with Crippen LogP contribution in [0.25, 0.3) is 0 Å². The van der Waals surface area contributed by atoms with Gasteiger partial charge in [-0.25, -0.2) is 0 Å². The van der Waals surface area contributed by atoms with Gasteiger partial charge in [-0.05, 0) is 61.7 Å². The van der Waals surface area contributed by atoms with Crippen molar-refractivity contribution in [3.05, 3.63) is 54.1 Å². The molecule has 2 bridgehead atoms. The maximum atomic E-state index is 12.5. The summed E-state index contributed by atoms with van der Waals surface area (Å²) in [4.78, 5) is 16.8. The second-order valence-corrected chi connectivity index (χ2v) is 8.03. The molecule has 2 heterocycles. The number of carbonyl (C=O) groups excluding carboxylic acids is 1. The van der Waals surface area contributed by atoms with Crippen molar-refractivity contribution in [3.63, 3.8) is 0 Å². The Kier molecular flexibility index (Phi) is 4.68. The van der Waals surface area contributed by atoms with Gasteiger partial charge in [0.2, 0.25) is 0 Å². The van der Waals surface area contributed by atoms with Crippen molar-refractivity contribution in [2.45, 2.75) is 28.7 Å². The second kappa shape index (κ2) is 7.10. The predicted molar refractivity (Wildman–Crippen MR) is 99.1 cm³/mol. The molecule has 2 aromatic rings. The van der Waals surface area contributed by atoms with Crippen LogP contribution in [0.3, 0.4) is 0 Å². The van der Waals surface area contributed by atoms with Gasteiger partial charge in [0.15, 0.2) is 0 Å². The zero-order chi connectivity index (χ0) is 17.2. The number of phenols is 1. The summed E-state index contributed by atoms with van der Waals surface area (Å²) in [6.45, 7) is 3.35. The smallest absolute Gasteiger partial charge is 0.251 e. The van der Waals surface area contributed by atoms with Crippen LogP contribution in [0.4, 0.5) is 0 Å². The van der Waals surface area contributed by atoms with Crippen molar-refractivity contribution in [1.82, 2.24) is 10.2 Å². The number of hydrogen-bond acceptors (Lipinski definition) is 4. The molecule has 2 fully saturated rings. The molecule has 25 heavy (non-hydrogen) atoms. The van der Waals surface area contributed by atoms with Crippen LogP contribution in [0, 0.1) is 5.92 Å². The number of nitrogens with one attached hydrogen (secondary N) is 1. The number of para-hydroxylation sites is 1. The molecule has 0 radical (unpaired) electrons. The third-order valence-electron chi connectivity index (χ3n) is 5.01. The monoisotopic (exact) mass is 354 g/mol. The first kappa shape index (κ1) is 16.5. The number of aromatic hydroxyl groups is 1. The van der Waals surface area contributed by atoms with E-state index in [0.29, 0.717) is 5.56 Å². The van der Waals surface area contributed by atoms with E-state index in [1.165, 1.54) is 31.3 Å². The maximum Gasteiger partial charge on any atom is 0.251 e. The molecule has 2 aliphatic rings. The zero-order valence-electron chi connectivity index (χ0n) is 14.0. The molecule has 3 atom stereocenters. The van der Waals surface area contributed by atoms with Crippen molar-refractivity contribution >= 4 is 17.7 Å². The van der Waals surface area contributed by atoms with Crippen LogP contribution in [-0.4, -0.2) is 41.6 Å². The van der Waals surface area contributed by atoms with E-state index in [9.17, 15) is 9.90 Å². The highest BCUT2D eigenvalue weighted by Gasteiger charge is 2.32. The minimum Gasteiger partial charge on any atom is -0.507 e. The fourth-order valence-corrected chi connectivity index (χ4v) is 4.62. The lowest BCUT2D eigenvalue weighted by atomic mass is 9.96. The molecule has 0 aliphatic carbocycles. The van der Waals surface area contributed by atoms with Crippen molar-refractivity contribution in [2.75, 3.05) is 19.6 Å². The number of amides is 1. The van der Waals surface area contributed by atoms with Crippen LogP contribution in [-0.2, 0) is 0 Å². The molecule has 0 aromatic heterocycles. The maximum absolute atomic E-state index is 12.5. The van der Waals surface area contributed by atoms with E-state index < -0.39 is 0 Å². The number of hydrogen-bond donors (Lipinski definition) is 2. The molecule has 1 amide bonds. The summed E-state index contributed by atoms with van der Waals surface area (Å²) in [5, 5.41) is 13.0. The van der Waals surface area contributed by atoms with Gasteiger partial charge in [0.05, 0.1) is 4.90 Å². The molecule has 2 saturated heterocycles. The summed E-state index contributed by atoms with van der Waals surface area (Å²) >= 11 is 1.49. The quantitative estimate of drug-likeness (QED) is 0.884. The Bertz CT molecular complexity index is 751. The summed E-state index contributed by atoms with van der Waals surface area (Å²) in [6, 6.07) is 15.1. The third-order valence-corrected chi connectivity index (χ3v) is 6.08. The van der Waals surface area contributed by atoms with Crippen molar-refractivity contribution in [3.8, 4) is 5.75 Å². The molecule has 2 aliphatic heterocycles. The SMILES string of the molecule is O=C(N[C@@H]1C[C@H]2CCN(C2)C1)c1ccc(Sc2ccccc2O)cc1. The Morgan fingerprint density at radius 1 is 1.12 bits per heavy atom. The van der Waals surface area contributed by atoms with Crippen LogP contribution >= 0.6 is 11.8 Å². The van der Waals surface area contributed by atoms with Crippen molar-refractivity contribution < 1.29 is 9.90 Å². The van der Waals surface area contributed by atoms with Crippen molar-refractivity contribution in [2.24, 2.45) is 5.92 Å². The number of phenolic OH excluding ortho intramolecular Hbond substituents is 1. The Hall–Kier alpha value is -1.98. The minimum absolute atomic E-state index is 0.00612. The Morgan fingerprint density at radius 3 is 2.68 bits per heavy atom. The van der Waals surface area contributed by atoms with Gasteiger partial charge in [0.1, 0.15) is 5.75 Å². The first-order chi connectivity index (χ1) is 12.2. The summed E-state index contributed by atoms with van der Waals surface area (Å²) in [7, 11) is 0. The first-order valence-corrected chi connectivity index (χ1v) is 9.58. The molecule has 2 aromatic carbocycles. The predicted octanol–water partition coefficient (Wildman–Crippen LogP) is 3.37. The Balaban J connectivity index is 1.38.